The quantitative estimate of drug-likeness (QED) is 0.572. The van der Waals surface area contributed by atoms with Crippen LogP contribution >= 0.6 is 0 Å². The van der Waals surface area contributed by atoms with E-state index in [0.717, 1.165) is 42.8 Å². The van der Waals surface area contributed by atoms with Crippen LogP contribution in [0.2, 0.25) is 0 Å². The molecule has 2 aliphatic rings. The Hall–Kier alpha value is -2.82. The Morgan fingerprint density at radius 1 is 1.18 bits per heavy atom. The van der Waals surface area contributed by atoms with Crippen molar-refractivity contribution in [3.8, 4) is 0 Å². The Morgan fingerprint density at radius 3 is 2.48 bits per heavy atom. The average molecular weight is 447 g/mol. The number of hydrogen-bond acceptors (Lipinski definition) is 3. The van der Waals surface area contributed by atoms with Crippen LogP contribution in [0.15, 0.2) is 48.6 Å². The molecule has 1 aromatic heterocycles. The minimum Gasteiger partial charge on any atom is -0.366 e. The highest BCUT2D eigenvalue weighted by atomic mass is 16.2. The van der Waals surface area contributed by atoms with Crippen molar-refractivity contribution in [3.63, 3.8) is 0 Å². The molecule has 1 amide bonds. The first-order valence-corrected chi connectivity index (χ1v) is 12.3. The van der Waals surface area contributed by atoms with Gasteiger partial charge < -0.3 is 10.6 Å². The molecule has 0 fully saturated rings. The fourth-order valence-corrected chi connectivity index (χ4v) is 5.44. The van der Waals surface area contributed by atoms with Gasteiger partial charge in [0.05, 0.1) is 16.8 Å². The van der Waals surface area contributed by atoms with Crippen molar-refractivity contribution in [1.82, 2.24) is 15.1 Å². The van der Waals surface area contributed by atoms with Crippen molar-refractivity contribution in [3.05, 3.63) is 71.0 Å². The van der Waals surface area contributed by atoms with Gasteiger partial charge in [-0.2, -0.15) is 5.10 Å². The molecule has 0 radical (unpaired) electrons. The molecule has 5 heteroatoms. The zero-order valence-corrected chi connectivity index (χ0v) is 20.9. The maximum Gasteiger partial charge on any atom is 0.257 e. The van der Waals surface area contributed by atoms with E-state index in [0.29, 0.717) is 11.5 Å². The van der Waals surface area contributed by atoms with Crippen molar-refractivity contribution in [1.29, 1.82) is 0 Å². The van der Waals surface area contributed by atoms with Crippen molar-refractivity contribution in [2.75, 3.05) is 5.32 Å². The van der Waals surface area contributed by atoms with Crippen molar-refractivity contribution in [2.24, 2.45) is 5.92 Å². The molecule has 1 unspecified atom stereocenters. The number of fused-ring (bicyclic) bond motifs is 1. The summed E-state index contributed by atoms with van der Waals surface area (Å²) in [5.74, 6) is 1.20. The van der Waals surface area contributed by atoms with Crippen molar-refractivity contribution in [2.45, 2.75) is 84.3 Å². The van der Waals surface area contributed by atoms with Crippen LogP contribution in [0, 0.1) is 19.8 Å². The summed E-state index contributed by atoms with van der Waals surface area (Å²) in [5.41, 5.74) is 3.22. The van der Waals surface area contributed by atoms with Crippen LogP contribution in [0.3, 0.4) is 0 Å². The Morgan fingerprint density at radius 2 is 1.88 bits per heavy atom. The molecule has 2 aromatic rings. The Balaban J connectivity index is 1.69. The molecule has 0 saturated carbocycles. The van der Waals surface area contributed by atoms with Gasteiger partial charge in [-0.15, -0.1) is 0 Å². The number of nitrogens with zero attached hydrogens (tertiary/aromatic N) is 2. The van der Waals surface area contributed by atoms with E-state index < -0.39 is 5.54 Å². The summed E-state index contributed by atoms with van der Waals surface area (Å²) in [7, 11) is 0. The topological polar surface area (TPSA) is 59.0 Å². The summed E-state index contributed by atoms with van der Waals surface area (Å²) < 4.78 is 2.03. The molecule has 2 atom stereocenters. The molecule has 0 saturated heterocycles. The number of carbonyl (C=O) groups excluding carboxylic acids is 1. The lowest BCUT2D eigenvalue weighted by molar-refractivity contribution is 0.0889. The zero-order valence-electron chi connectivity index (χ0n) is 20.9. The third kappa shape index (κ3) is 4.25. The lowest BCUT2D eigenvalue weighted by Crippen LogP contribution is -2.47. The van der Waals surface area contributed by atoms with E-state index in [4.69, 9.17) is 5.10 Å². The van der Waals surface area contributed by atoms with Crippen LogP contribution in [-0.4, -0.2) is 21.7 Å². The minimum absolute atomic E-state index is 0.0546. The molecule has 0 spiro atoms. The first-order valence-electron chi connectivity index (χ1n) is 12.3. The lowest BCUT2D eigenvalue weighted by Gasteiger charge is -2.41. The monoisotopic (exact) mass is 446 g/mol. The molecular weight excluding hydrogens is 408 g/mol. The van der Waals surface area contributed by atoms with E-state index in [1.807, 2.05) is 11.6 Å². The molecule has 33 heavy (non-hydrogen) atoms. The maximum atomic E-state index is 13.8. The second-order valence-electron chi connectivity index (χ2n) is 10.3. The van der Waals surface area contributed by atoms with Gasteiger partial charge >= 0.3 is 0 Å². The first kappa shape index (κ1) is 23.3. The van der Waals surface area contributed by atoms with Gasteiger partial charge in [0.25, 0.3) is 5.91 Å². The van der Waals surface area contributed by atoms with E-state index >= 15 is 0 Å². The van der Waals surface area contributed by atoms with Gasteiger partial charge in [0.15, 0.2) is 0 Å². The van der Waals surface area contributed by atoms with Gasteiger partial charge in [-0.3, -0.25) is 4.79 Å². The number of nitrogens with one attached hydrogen (secondary N) is 2. The van der Waals surface area contributed by atoms with Crippen LogP contribution in [-0.2, 0) is 11.1 Å². The molecular formula is C28H38N4O. The predicted octanol–water partition coefficient (Wildman–Crippen LogP) is 6.00. The highest BCUT2D eigenvalue weighted by Crippen LogP contribution is 2.39. The lowest BCUT2D eigenvalue weighted by atomic mass is 9.82. The zero-order chi connectivity index (χ0) is 23.8. The molecule has 1 aliphatic carbocycles. The molecule has 4 rings (SSSR count). The fraction of sp³-hybridized carbons (Fsp3) is 0.500. The standard InChI is InChI=1S/C28H38N4O/c1-7-28(8-2,22-16-14-19(3)15-17-22)30-26(33)24-20(4)31-32-25(24)29-23(18-27(32,5)6)21-12-10-9-11-13-21/h9-12,14-17,21,23,29H,7-8,13,18H2,1-6H3,(H,30,33)/t21?,23-/m1/s1. The summed E-state index contributed by atoms with van der Waals surface area (Å²) in [5, 5.41) is 12.0. The minimum atomic E-state index is -0.410. The number of carbonyl (C=O) groups is 1. The van der Waals surface area contributed by atoms with Gasteiger partial charge in [0.1, 0.15) is 11.4 Å². The number of hydrogen-bond donors (Lipinski definition) is 2. The average Bonchev–Trinajstić information content (AvgIpc) is 3.15. The Kier molecular flexibility index (Phi) is 6.26. The number of amides is 1. The smallest absolute Gasteiger partial charge is 0.257 e. The van der Waals surface area contributed by atoms with E-state index in [1.165, 1.54) is 5.56 Å². The number of rotatable bonds is 6. The van der Waals surface area contributed by atoms with E-state index in [2.05, 4.69) is 93.8 Å². The molecule has 1 aliphatic heterocycles. The number of benzene rings is 1. The Labute approximate surface area is 198 Å². The highest BCUT2D eigenvalue weighted by molar-refractivity contribution is 6.00. The molecule has 5 nitrogen and oxygen atoms in total. The largest absolute Gasteiger partial charge is 0.366 e. The third-order valence-electron chi connectivity index (χ3n) is 7.60. The van der Waals surface area contributed by atoms with Crippen LogP contribution in [0.25, 0.3) is 0 Å². The summed E-state index contributed by atoms with van der Waals surface area (Å²) in [6.07, 6.45) is 12.4. The first-order chi connectivity index (χ1) is 15.7. The molecule has 176 valence electrons. The Bertz CT molecular complexity index is 1070. The SMILES string of the molecule is CCC(CC)(NC(=O)c1c(C)nn2c1N[C@@H](C1C=CC=CC1)CC2(C)C)c1ccc(C)cc1. The molecule has 2 N–H and O–H groups in total. The van der Waals surface area contributed by atoms with Crippen LogP contribution in [0.1, 0.15) is 80.6 Å². The van der Waals surface area contributed by atoms with Gasteiger partial charge in [0, 0.05) is 12.0 Å². The van der Waals surface area contributed by atoms with E-state index in [1.54, 1.807) is 0 Å². The van der Waals surface area contributed by atoms with Crippen LogP contribution in [0.5, 0.6) is 0 Å². The van der Waals surface area contributed by atoms with Crippen LogP contribution in [0.4, 0.5) is 5.82 Å². The number of allylic oxidation sites excluding steroid dienone is 3. The number of aromatic nitrogens is 2. The van der Waals surface area contributed by atoms with Gasteiger partial charge in [0.2, 0.25) is 0 Å². The summed E-state index contributed by atoms with van der Waals surface area (Å²) in [6.45, 7) is 12.8. The van der Waals surface area contributed by atoms with Gasteiger partial charge in [-0.1, -0.05) is 68.0 Å². The normalized spacial score (nSPS) is 21.4. The molecule has 0 bridgehead atoms. The highest BCUT2D eigenvalue weighted by Gasteiger charge is 2.40. The molecule has 2 heterocycles. The predicted molar refractivity (Wildman–Crippen MR) is 136 cm³/mol. The number of anilines is 1. The van der Waals surface area contributed by atoms with E-state index in [-0.39, 0.29) is 17.5 Å². The second kappa shape index (κ2) is 8.85. The van der Waals surface area contributed by atoms with Gasteiger partial charge in [-0.05, 0) is 58.9 Å². The van der Waals surface area contributed by atoms with Crippen molar-refractivity contribution >= 4 is 11.7 Å². The second-order valence-corrected chi connectivity index (χ2v) is 10.3. The third-order valence-corrected chi connectivity index (χ3v) is 7.60. The van der Waals surface area contributed by atoms with Crippen molar-refractivity contribution < 1.29 is 4.79 Å². The van der Waals surface area contributed by atoms with Crippen LogP contribution < -0.4 is 10.6 Å². The van der Waals surface area contributed by atoms with E-state index in [9.17, 15) is 4.79 Å². The number of aryl methyl sites for hydroxylation is 2. The molecule has 1 aromatic carbocycles. The summed E-state index contributed by atoms with van der Waals surface area (Å²) in [4.78, 5) is 13.8. The fourth-order valence-electron chi connectivity index (χ4n) is 5.44. The summed E-state index contributed by atoms with van der Waals surface area (Å²) >= 11 is 0. The summed E-state index contributed by atoms with van der Waals surface area (Å²) in [6, 6.07) is 8.78. The van der Waals surface area contributed by atoms with Gasteiger partial charge in [-0.25, -0.2) is 4.68 Å². The maximum absolute atomic E-state index is 13.8.